The van der Waals surface area contributed by atoms with Crippen LogP contribution in [-0.4, -0.2) is 67.8 Å². The normalized spacial score (nSPS) is 29.0. The maximum Gasteiger partial charge on any atom is 0.248 e. The number of hydrogen-bond donors (Lipinski definition) is 3. The van der Waals surface area contributed by atoms with Crippen molar-refractivity contribution < 1.29 is 24.2 Å². The molecule has 5 rings (SSSR count). The molecule has 0 aromatic heterocycles. The summed E-state index contributed by atoms with van der Waals surface area (Å²) in [5.74, 6) is -1.37. The third-order valence-corrected chi connectivity index (χ3v) is 11.7. The SMILES string of the molecule is CCOc1ccc(NC(=O)[C@H]2[C@@H]3SC4(CC3Br)C(C(=O)Nc3ccccc3Cl)N([C@@H](CO)CC(C)C)C(=O)[C@H]24)cc1. The number of nitrogens with zero attached hydrogens (tertiary/aromatic N) is 1. The maximum atomic E-state index is 14.4. The molecule has 3 aliphatic heterocycles. The number of aliphatic hydroxyl groups is 1. The van der Waals surface area contributed by atoms with Gasteiger partial charge in [0.2, 0.25) is 17.7 Å². The molecule has 11 heteroatoms. The number of carbonyl (C=O) groups is 3. The predicted molar refractivity (Wildman–Crippen MR) is 166 cm³/mol. The summed E-state index contributed by atoms with van der Waals surface area (Å²) in [6.45, 7) is 6.20. The van der Waals surface area contributed by atoms with E-state index >= 15 is 0 Å². The fraction of sp³-hybridized carbons (Fsp3) is 0.500. The molecule has 3 aliphatic rings. The molecule has 3 heterocycles. The fourth-order valence-electron chi connectivity index (χ4n) is 6.67. The van der Waals surface area contributed by atoms with E-state index in [0.29, 0.717) is 41.6 Å². The largest absolute Gasteiger partial charge is 0.494 e. The highest BCUT2D eigenvalue weighted by Gasteiger charge is 2.76. The first-order valence-corrected chi connectivity index (χ1v) is 16.1. The zero-order valence-corrected chi connectivity index (χ0v) is 26.3. The number of benzene rings is 2. The Morgan fingerprint density at radius 1 is 1.17 bits per heavy atom. The average Bonchev–Trinajstić information content (AvgIpc) is 3.53. The molecule has 41 heavy (non-hydrogen) atoms. The second kappa shape index (κ2) is 12.1. The number of fused-ring (bicyclic) bond motifs is 1. The van der Waals surface area contributed by atoms with Gasteiger partial charge in [0.15, 0.2) is 0 Å². The molecule has 0 aliphatic carbocycles. The van der Waals surface area contributed by atoms with Crippen LogP contribution in [0.4, 0.5) is 11.4 Å². The summed E-state index contributed by atoms with van der Waals surface area (Å²) in [6.07, 6.45) is 1.07. The first kappa shape index (κ1) is 30.2. The van der Waals surface area contributed by atoms with E-state index in [1.807, 2.05) is 20.8 Å². The van der Waals surface area contributed by atoms with Crippen LogP contribution >= 0.6 is 39.3 Å². The van der Waals surface area contributed by atoms with E-state index in [2.05, 4.69) is 26.6 Å². The monoisotopic (exact) mass is 663 g/mol. The molecule has 2 aromatic rings. The summed E-state index contributed by atoms with van der Waals surface area (Å²) < 4.78 is 4.67. The fourth-order valence-corrected chi connectivity index (χ4v) is 10.5. The first-order chi connectivity index (χ1) is 19.6. The van der Waals surface area contributed by atoms with E-state index in [1.54, 1.807) is 65.2 Å². The minimum absolute atomic E-state index is 0.0686. The molecule has 2 bridgehead atoms. The zero-order chi connectivity index (χ0) is 29.5. The second-order valence-electron chi connectivity index (χ2n) is 11.3. The van der Waals surface area contributed by atoms with Crippen LogP contribution in [0.5, 0.6) is 5.75 Å². The van der Waals surface area contributed by atoms with Gasteiger partial charge >= 0.3 is 0 Å². The van der Waals surface area contributed by atoms with Crippen molar-refractivity contribution in [1.82, 2.24) is 4.90 Å². The second-order valence-corrected chi connectivity index (χ2v) is 14.4. The van der Waals surface area contributed by atoms with Gasteiger partial charge in [-0.15, -0.1) is 11.8 Å². The van der Waals surface area contributed by atoms with Gasteiger partial charge in [0, 0.05) is 15.8 Å². The Balaban J connectivity index is 1.50. The number of halogens is 2. The lowest BCUT2D eigenvalue weighted by atomic mass is 9.70. The first-order valence-electron chi connectivity index (χ1n) is 13.9. The van der Waals surface area contributed by atoms with Crippen LogP contribution in [0.15, 0.2) is 48.5 Å². The molecule has 3 saturated heterocycles. The number of carbonyl (C=O) groups excluding carboxylic acids is 3. The zero-order valence-electron chi connectivity index (χ0n) is 23.2. The quantitative estimate of drug-likeness (QED) is 0.302. The van der Waals surface area contributed by atoms with Crippen LogP contribution in [0, 0.1) is 17.8 Å². The van der Waals surface area contributed by atoms with Gasteiger partial charge in [-0.2, -0.15) is 0 Å². The molecule has 0 radical (unpaired) electrons. The number of para-hydroxylation sites is 1. The van der Waals surface area contributed by atoms with Gasteiger partial charge < -0.3 is 25.4 Å². The summed E-state index contributed by atoms with van der Waals surface area (Å²) in [4.78, 5) is 43.9. The molecule has 0 saturated carbocycles. The highest BCUT2D eigenvalue weighted by molar-refractivity contribution is 9.09. The van der Waals surface area contributed by atoms with Crippen LogP contribution in [-0.2, 0) is 14.4 Å². The van der Waals surface area contributed by atoms with Gasteiger partial charge in [-0.05, 0) is 62.1 Å². The summed E-state index contributed by atoms with van der Waals surface area (Å²) in [5, 5.41) is 16.6. The Morgan fingerprint density at radius 3 is 2.51 bits per heavy atom. The number of ether oxygens (including phenoxy) is 1. The third-order valence-electron chi connectivity index (χ3n) is 8.19. The van der Waals surface area contributed by atoms with Gasteiger partial charge in [-0.1, -0.05) is 53.5 Å². The van der Waals surface area contributed by atoms with Crippen LogP contribution in [0.25, 0.3) is 0 Å². The molecule has 2 aromatic carbocycles. The lowest BCUT2D eigenvalue weighted by Crippen LogP contribution is -2.55. The Bertz CT molecular complexity index is 1310. The number of anilines is 2. The van der Waals surface area contributed by atoms with Gasteiger partial charge in [-0.3, -0.25) is 14.4 Å². The summed E-state index contributed by atoms with van der Waals surface area (Å²) >= 11 is 11.7. The number of amides is 3. The number of hydrogen-bond acceptors (Lipinski definition) is 6. The predicted octanol–water partition coefficient (Wildman–Crippen LogP) is 5.19. The smallest absolute Gasteiger partial charge is 0.248 e. The van der Waals surface area contributed by atoms with Gasteiger partial charge in [0.1, 0.15) is 11.8 Å². The lowest BCUT2D eigenvalue weighted by molar-refractivity contribution is -0.141. The van der Waals surface area contributed by atoms with Gasteiger partial charge in [-0.25, -0.2) is 0 Å². The topological polar surface area (TPSA) is 108 Å². The molecule has 3 fully saturated rings. The minimum atomic E-state index is -0.884. The molecular formula is C30H35BrClN3O5S. The molecule has 7 atom stereocenters. The van der Waals surface area contributed by atoms with Crippen molar-refractivity contribution in [2.45, 2.75) is 60.5 Å². The molecule has 8 nitrogen and oxygen atoms in total. The van der Waals surface area contributed by atoms with Crippen molar-refractivity contribution in [3.8, 4) is 5.75 Å². The van der Waals surface area contributed by atoms with Crippen molar-refractivity contribution in [3.05, 3.63) is 53.6 Å². The van der Waals surface area contributed by atoms with Crippen molar-refractivity contribution in [2.24, 2.45) is 17.8 Å². The van der Waals surface area contributed by atoms with Crippen molar-refractivity contribution in [1.29, 1.82) is 0 Å². The molecule has 3 amide bonds. The Kier molecular flexibility index (Phi) is 8.95. The summed E-state index contributed by atoms with van der Waals surface area (Å²) in [5.41, 5.74) is 1.06. The summed E-state index contributed by atoms with van der Waals surface area (Å²) in [7, 11) is 0. The highest BCUT2D eigenvalue weighted by atomic mass is 79.9. The molecule has 3 N–H and O–H groups in total. The van der Waals surface area contributed by atoms with E-state index in [1.165, 1.54) is 0 Å². The maximum absolute atomic E-state index is 14.4. The Hall–Kier alpha value is -2.27. The van der Waals surface area contributed by atoms with Crippen LogP contribution in [0.1, 0.15) is 33.6 Å². The summed E-state index contributed by atoms with van der Waals surface area (Å²) in [6, 6.07) is 12.6. The number of likely N-dealkylation sites (tertiary alicyclic amines) is 1. The number of alkyl halides is 1. The van der Waals surface area contributed by atoms with E-state index in [4.69, 9.17) is 16.3 Å². The standard InChI is InChI=1S/C30H35BrClN3O5S/c1-4-40-19-11-9-17(10-12-19)33-27(37)23-24-29(39)35(18(15-36)13-16(2)3)26(30(24)14-20(31)25(23)41-30)28(38)34-22-8-6-5-7-21(22)32/h5-12,16,18,20,23-26,36H,4,13-15H2,1-3H3,(H,33,37)(H,34,38)/t18-,20?,23-,24+,25-,26?,30?/m1/s1. The highest BCUT2D eigenvalue weighted by Crippen LogP contribution is 2.68. The average molecular weight is 665 g/mol. The van der Waals surface area contributed by atoms with E-state index in [-0.39, 0.29) is 40.3 Å². The third kappa shape index (κ3) is 5.48. The van der Waals surface area contributed by atoms with Crippen molar-refractivity contribution in [3.63, 3.8) is 0 Å². The number of nitrogens with one attached hydrogen (secondary N) is 2. The molecule has 3 unspecified atom stereocenters. The lowest BCUT2D eigenvalue weighted by Gasteiger charge is -2.37. The van der Waals surface area contributed by atoms with E-state index < -0.39 is 28.7 Å². The van der Waals surface area contributed by atoms with Crippen molar-refractivity contribution in [2.75, 3.05) is 23.8 Å². The van der Waals surface area contributed by atoms with Crippen LogP contribution in [0.3, 0.4) is 0 Å². The van der Waals surface area contributed by atoms with E-state index in [0.717, 1.165) is 0 Å². The van der Waals surface area contributed by atoms with E-state index in [9.17, 15) is 19.5 Å². The molecule has 1 spiro atoms. The number of thioether (sulfide) groups is 1. The molecule has 220 valence electrons. The van der Waals surface area contributed by atoms with Crippen molar-refractivity contribution >= 4 is 68.4 Å². The Morgan fingerprint density at radius 2 is 1.88 bits per heavy atom. The van der Waals surface area contributed by atoms with Crippen LogP contribution < -0.4 is 15.4 Å². The Labute approximate surface area is 258 Å². The number of aliphatic hydroxyl groups excluding tert-OH is 1. The number of rotatable bonds is 10. The molecular weight excluding hydrogens is 630 g/mol. The van der Waals surface area contributed by atoms with Crippen LogP contribution in [0.2, 0.25) is 5.02 Å². The van der Waals surface area contributed by atoms with Gasteiger partial charge in [0.25, 0.3) is 0 Å². The van der Waals surface area contributed by atoms with Gasteiger partial charge in [0.05, 0.1) is 46.5 Å². The minimum Gasteiger partial charge on any atom is -0.494 e.